The van der Waals surface area contributed by atoms with Gasteiger partial charge < -0.3 is 0 Å². The maximum absolute atomic E-state index is 5.22. The molecule has 0 atom stereocenters. The van der Waals surface area contributed by atoms with E-state index in [9.17, 15) is 0 Å². The average Bonchev–Trinajstić information content (AvgIpc) is 1.83. The quantitative estimate of drug-likeness (QED) is 0.449. The summed E-state index contributed by atoms with van der Waals surface area (Å²) in [5.41, 5.74) is 1.17. The summed E-state index contributed by atoms with van der Waals surface area (Å²) < 4.78 is 0. The summed E-state index contributed by atoms with van der Waals surface area (Å²) >= 11 is 0. The predicted octanol–water partition coefficient (Wildman–Crippen LogP) is 2.72. The molecule has 0 aliphatic rings. The van der Waals surface area contributed by atoms with E-state index in [0.29, 0.717) is 0 Å². The average molecular weight is 168 g/mol. The zero-order valence-electron chi connectivity index (χ0n) is 5.98. The number of hydrogen-bond acceptors (Lipinski definition) is 0. The first-order chi connectivity index (χ1) is 3.81. The molecule has 0 aromatic heterocycles. The minimum Gasteiger partial charge on any atom is -0.293 e. The Balaban J connectivity index is 0. The molecule has 0 heterocycles. The Kier molecular flexibility index (Phi) is 10.4. The maximum atomic E-state index is 5.22. The molecular weight excluding hydrogens is 155 g/mol. The van der Waals surface area contributed by atoms with Crippen LogP contribution in [0.5, 0.6) is 0 Å². The molecule has 0 rings (SSSR count). The minimum atomic E-state index is 0. The Hall–Kier alpha value is -0.0135. The number of allylic oxidation sites excluding steroid dienone is 3. The molecule has 55 valence electrons. The van der Waals surface area contributed by atoms with Crippen LogP contribution in [-0.4, -0.2) is 0 Å². The van der Waals surface area contributed by atoms with E-state index < -0.39 is 0 Å². The van der Waals surface area contributed by atoms with Gasteiger partial charge >= 0.3 is 0 Å². The monoisotopic (exact) mass is 168 g/mol. The van der Waals surface area contributed by atoms with Gasteiger partial charge in [0, 0.05) is 16.8 Å². The van der Waals surface area contributed by atoms with Gasteiger partial charge in [-0.3, -0.25) is 6.58 Å². The molecule has 1 radical (unpaired) electrons. The van der Waals surface area contributed by atoms with Crippen molar-refractivity contribution in [1.82, 2.24) is 0 Å². The Labute approximate surface area is 68.2 Å². The van der Waals surface area contributed by atoms with E-state index in [2.05, 4.69) is 13.0 Å². The van der Waals surface area contributed by atoms with E-state index in [-0.39, 0.29) is 16.8 Å². The largest absolute Gasteiger partial charge is 0.293 e. The first-order valence-electron chi connectivity index (χ1n) is 3.03. The topological polar surface area (TPSA) is 0 Å². The van der Waals surface area contributed by atoms with Gasteiger partial charge in [-0.2, -0.15) is 6.08 Å². The fraction of sp³-hybridized carbons (Fsp3) is 0.500. The second-order valence-electron chi connectivity index (χ2n) is 1.90. The Morgan fingerprint density at radius 2 is 2.11 bits per heavy atom. The minimum absolute atomic E-state index is 0. The first kappa shape index (κ1) is 11.7. The van der Waals surface area contributed by atoms with E-state index in [1.165, 1.54) is 12.0 Å². The molecule has 0 aromatic rings. The van der Waals surface area contributed by atoms with Gasteiger partial charge in [0.05, 0.1) is 0 Å². The molecule has 0 aliphatic carbocycles. The normalized spacial score (nSPS) is 10.2. The Morgan fingerprint density at radius 1 is 1.56 bits per heavy atom. The van der Waals surface area contributed by atoms with E-state index in [1.807, 2.05) is 6.92 Å². The fourth-order valence-electron chi connectivity index (χ4n) is 0.440. The van der Waals surface area contributed by atoms with Crippen LogP contribution in [0.15, 0.2) is 17.7 Å². The van der Waals surface area contributed by atoms with Crippen LogP contribution in [-0.2, 0) is 16.8 Å². The standard InChI is InChI=1S/C8H13.Co/c1-4-6-7-8(3)5-2;/h2,5,7H,4,6H2,1,3H3;/q-1;. The molecular formula is C8H13Co-. The summed E-state index contributed by atoms with van der Waals surface area (Å²) in [4.78, 5) is 0. The smallest absolute Gasteiger partial charge is 0 e. The van der Waals surface area contributed by atoms with Gasteiger partial charge in [0.15, 0.2) is 0 Å². The molecule has 0 aromatic carbocycles. The number of unbranched alkanes of at least 4 members (excludes halogenated alkanes) is 1. The molecule has 0 spiro atoms. The van der Waals surface area contributed by atoms with Gasteiger partial charge in [-0.15, -0.1) is 6.92 Å². The van der Waals surface area contributed by atoms with Crippen molar-refractivity contribution in [2.24, 2.45) is 0 Å². The molecule has 9 heavy (non-hydrogen) atoms. The van der Waals surface area contributed by atoms with E-state index >= 15 is 0 Å². The summed E-state index contributed by atoms with van der Waals surface area (Å²) in [5.74, 6) is 0. The molecule has 0 fully saturated rings. The zero-order chi connectivity index (χ0) is 6.41. The maximum Gasteiger partial charge on any atom is 0 e. The third-order valence-corrected chi connectivity index (χ3v) is 1.02. The number of hydrogen-bond donors (Lipinski definition) is 0. The molecule has 0 unspecified atom stereocenters. The molecule has 0 amide bonds. The van der Waals surface area contributed by atoms with Crippen LogP contribution in [0.3, 0.4) is 0 Å². The van der Waals surface area contributed by atoms with Gasteiger partial charge in [0.2, 0.25) is 0 Å². The first-order valence-corrected chi connectivity index (χ1v) is 3.03. The van der Waals surface area contributed by atoms with Crippen molar-refractivity contribution in [3.63, 3.8) is 0 Å². The summed E-state index contributed by atoms with van der Waals surface area (Å²) in [6.45, 7) is 9.38. The third kappa shape index (κ3) is 7.99. The van der Waals surface area contributed by atoms with E-state index in [4.69, 9.17) is 6.58 Å². The van der Waals surface area contributed by atoms with Crippen LogP contribution in [0, 0.1) is 6.58 Å². The Bertz CT molecular complexity index is 92.7. The zero-order valence-corrected chi connectivity index (χ0v) is 7.02. The molecule has 0 bridgehead atoms. The fourth-order valence-corrected chi connectivity index (χ4v) is 0.440. The predicted molar refractivity (Wildman–Crippen MR) is 37.5 cm³/mol. The molecule has 0 N–H and O–H groups in total. The second-order valence-corrected chi connectivity index (χ2v) is 1.90. The van der Waals surface area contributed by atoms with E-state index in [0.717, 1.165) is 6.42 Å². The van der Waals surface area contributed by atoms with Crippen LogP contribution in [0.1, 0.15) is 26.7 Å². The van der Waals surface area contributed by atoms with Crippen molar-refractivity contribution in [1.29, 1.82) is 0 Å². The van der Waals surface area contributed by atoms with Gasteiger partial charge in [-0.25, -0.2) is 11.6 Å². The summed E-state index contributed by atoms with van der Waals surface area (Å²) in [7, 11) is 0. The Morgan fingerprint density at radius 3 is 2.44 bits per heavy atom. The molecule has 1 heteroatoms. The van der Waals surface area contributed by atoms with Crippen LogP contribution in [0.25, 0.3) is 0 Å². The summed E-state index contributed by atoms with van der Waals surface area (Å²) in [6, 6.07) is 0. The molecule has 0 saturated carbocycles. The summed E-state index contributed by atoms with van der Waals surface area (Å²) in [5, 5.41) is 0. The van der Waals surface area contributed by atoms with Crippen molar-refractivity contribution in [2.45, 2.75) is 26.7 Å². The SMILES string of the molecule is [CH-]=CC(C)=CCCC.[Co]. The van der Waals surface area contributed by atoms with Gasteiger partial charge in [0.1, 0.15) is 0 Å². The van der Waals surface area contributed by atoms with Crippen molar-refractivity contribution >= 4 is 0 Å². The van der Waals surface area contributed by atoms with Crippen LogP contribution in [0.2, 0.25) is 0 Å². The second kappa shape index (κ2) is 7.99. The van der Waals surface area contributed by atoms with Crippen LogP contribution in [0.4, 0.5) is 0 Å². The van der Waals surface area contributed by atoms with Crippen LogP contribution < -0.4 is 0 Å². The van der Waals surface area contributed by atoms with Crippen molar-refractivity contribution in [3.8, 4) is 0 Å². The molecule has 0 saturated heterocycles. The van der Waals surface area contributed by atoms with Crippen molar-refractivity contribution < 1.29 is 16.8 Å². The summed E-state index contributed by atoms with van der Waals surface area (Å²) in [6.07, 6.45) is 6.11. The van der Waals surface area contributed by atoms with E-state index in [1.54, 1.807) is 6.08 Å². The molecule has 0 aliphatic heterocycles. The van der Waals surface area contributed by atoms with Crippen molar-refractivity contribution in [3.05, 3.63) is 24.3 Å². The van der Waals surface area contributed by atoms with Gasteiger partial charge in [-0.05, 0) is 0 Å². The number of rotatable bonds is 3. The third-order valence-electron chi connectivity index (χ3n) is 1.02. The molecule has 0 nitrogen and oxygen atoms in total. The van der Waals surface area contributed by atoms with Crippen LogP contribution >= 0.6 is 0 Å². The van der Waals surface area contributed by atoms with Gasteiger partial charge in [0.25, 0.3) is 0 Å². The van der Waals surface area contributed by atoms with Gasteiger partial charge in [-0.1, -0.05) is 19.8 Å². The van der Waals surface area contributed by atoms with Crippen molar-refractivity contribution in [2.75, 3.05) is 0 Å².